The first-order chi connectivity index (χ1) is 11.6. The zero-order chi connectivity index (χ0) is 17.1. The second kappa shape index (κ2) is 6.88. The average Bonchev–Trinajstić information content (AvgIpc) is 3.23. The first-order valence-corrected chi connectivity index (χ1v) is 8.36. The number of thioether (sulfide) groups is 1. The molecule has 0 saturated carbocycles. The molecule has 0 saturated heterocycles. The van der Waals surface area contributed by atoms with Crippen LogP contribution in [0.3, 0.4) is 0 Å². The second-order valence-corrected chi connectivity index (χ2v) is 6.45. The molecule has 24 heavy (non-hydrogen) atoms. The molecule has 124 valence electrons. The molecule has 3 rings (SSSR count). The van der Waals surface area contributed by atoms with Gasteiger partial charge >= 0.3 is 0 Å². The van der Waals surface area contributed by atoms with Crippen molar-refractivity contribution in [3.8, 4) is 11.6 Å². The van der Waals surface area contributed by atoms with Crippen LogP contribution in [0.2, 0.25) is 0 Å². The van der Waals surface area contributed by atoms with E-state index in [1.807, 2.05) is 36.6 Å². The van der Waals surface area contributed by atoms with Gasteiger partial charge < -0.3 is 4.42 Å². The first kappa shape index (κ1) is 16.3. The van der Waals surface area contributed by atoms with Gasteiger partial charge in [0.1, 0.15) is 0 Å². The summed E-state index contributed by atoms with van der Waals surface area (Å²) in [5, 5.41) is 20.1. The van der Waals surface area contributed by atoms with Crippen LogP contribution in [0.25, 0.3) is 11.6 Å². The standard InChI is InChI=1S/C16H16N4O3S/c1-3-19-15(14-8-5-9-23-14)17-18-16(19)24-11(2)12-6-4-7-13(10-12)20(21)22/h4-11H,3H2,1-2H3/t11-/m0/s1. The van der Waals surface area contributed by atoms with Gasteiger partial charge in [-0.1, -0.05) is 23.9 Å². The van der Waals surface area contributed by atoms with Crippen molar-refractivity contribution in [2.75, 3.05) is 0 Å². The average molecular weight is 344 g/mol. The van der Waals surface area contributed by atoms with Crippen molar-refractivity contribution >= 4 is 17.4 Å². The fraction of sp³-hybridized carbons (Fsp3) is 0.250. The summed E-state index contributed by atoms with van der Waals surface area (Å²) in [4.78, 5) is 10.5. The molecule has 1 atom stereocenters. The number of hydrogen-bond donors (Lipinski definition) is 0. The molecule has 0 aliphatic carbocycles. The molecule has 0 bridgehead atoms. The number of nitro benzene ring substituents is 1. The predicted molar refractivity (Wildman–Crippen MR) is 90.8 cm³/mol. The van der Waals surface area contributed by atoms with Crippen LogP contribution in [0.5, 0.6) is 0 Å². The minimum absolute atomic E-state index is 0.00357. The van der Waals surface area contributed by atoms with E-state index in [2.05, 4.69) is 10.2 Å². The van der Waals surface area contributed by atoms with Gasteiger partial charge in [-0.05, 0) is 31.5 Å². The third-order valence-corrected chi connectivity index (χ3v) is 4.75. The van der Waals surface area contributed by atoms with Gasteiger partial charge in [0, 0.05) is 23.9 Å². The lowest BCUT2D eigenvalue weighted by molar-refractivity contribution is -0.384. The highest BCUT2D eigenvalue weighted by Gasteiger charge is 2.19. The minimum atomic E-state index is -0.384. The highest BCUT2D eigenvalue weighted by Crippen LogP contribution is 2.36. The van der Waals surface area contributed by atoms with E-state index in [0.717, 1.165) is 10.7 Å². The number of hydrogen-bond acceptors (Lipinski definition) is 6. The van der Waals surface area contributed by atoms with Gasteiger partial charge in [-0.25, -0.2) is 0 Å². The molecule has 0 N–H and O–H groups in total. The molecule has 2 aromatic heterocycles. The van der Waals surface area contributed by atoms with Crippen molar-refractivity contribution in [2.24, 2.45) is 0 Å². The molecule has 3 aromatic rings. The van der Waals surface area contributed by atoms with Crippen molar-refractivity contribution in [1.29, 1.82) is 0 Å². The SMILES string of the molecule is CCn1c(S[C@@H](C)c2cccc([N+](=O)[O-])c2)nnc1-c1ccco1. The third-order valence-electron chi connectivity index (χ3n) is 3.61. The number of rotatable bonds is 6. The molecule has 0 radical (unpaired) electrons. The van der Waals surface area contributed by atoms with Crippen molar-refractivity contribution in [2.45, 2.75) is 30.8 Å². The predicted octanol–water partition coefficient (Wildman–Crippen LogP) is 4.32. The Hall–Kier alpha value is -2.61. The van der Waals surface area contributed by atoms with Crippen LogP contribution >= 0.6 is 11.8 Å². The number of aromatic nitrogens is 3. The monoisotopic (exact) mass is 344 g/mol. The highest BCUT2D eigenvalue weighted by atomic mass is 32.2. The lowest BCUT2D eigenvalue weighted by Crippen LogP contribution is -2.00. The minimum Gasteiger partial charge on any atom is -0.461 e. The highest BCUT2D eigenvalue weighted by molar-refractivity contribution is 7.99. The van der Waals surface area contributed by atoms with Crippen LogP contribution in [0.1, 0.15) is 24.7 Å². The second-order valence-electron chi connectivity index (χ2n) is 5.14. The Labute approximate surface area is 142 Å². The maximum atomic E-state index is 10.9. The molecule has 0 unspecified atom stereocenters. The molecular formula is C16H16N4O3S. The quantitative estimate of drug-likeness (QED) is 0.376. The molecule has 8 heteroatoms. The largest absolute Gasteiger partial charge is 0.461 e. The van der Waals surface area contributed by atoms with E-state index in [-0.39, 0.29) is 15.9 Å². The van der Waals surface area contributed by atoms with Gasteiger partial charge in [0.2, 0.25) is 0 Å². The molecule has 1 aromatic carbocycles. The summed E-state index contributed by atoms with van der Waals surface area (Å²) in [5.41, 5.74) is 0.965. The summed E-state index contributed by atoms with van der Waals surface area (Å²) >= 11 is 1.51. The first-order valence-electron chi connectivity index (χ1n) is 7.48. The lowest BCUT2D eigenvalue weighted by Gasteiger charge is -2.12. The molecule has 0 aliphatic heterocycles. The number of nitrogens with zero attached hydrogens (tertiary/aromatic N) is 4. The maximum absolute atomic E-state index is 10.9. The fourth-order valence-electron chi connectivity index (χ4n) is 2.37. The number of non-ortho nitro benzene ring substituents is 1. The van der Waals surface area contributed by atoms with Gasteiger partial charge in [-0.15, -0.1) is 10.2 Å². The molecule has 0 amide bonds. The fourth-order valence-corrected chi connectivity index (χ4v) is 3.40. The summed E-state index contributed by atoms with van der Waals surface area (Å²) in [5.74, 6) is 1.34. The topological polar surface area (TPSA) is 87.0 Å². The van der Waals surface area contributed by atoms with Crippen LogP contribution < -0.4 is 0 Å². The molecule has 7 nitrogen and oxygen atoms in total. The maximum Gasteiger partial charge on any atom is 0.269 e. The van der Waals surface area contributed by atoms with E-state index in [1.54, 1.807) is 18.4 Å². The van der Waals surface area contributed by atoms with Crippen LogP contribution in [-0.2, 0) is 6.54 Å². The Balaban J connectivity index is 1.86. The Morgan fingerprint density at radius 2 is 2.17 bits per heavy atom. The van der Waals surface area contributed by atoms with Gasteiger partial charge in [-0.3, -0.25) is 14.7 Å². The summed E-state index contributed by atoms with van der Waals surface area (Å²) in [6.45, 7) is 4.70. The molecule has 0 fully saturated rings. The summed E-state index contributed by atoms with van der Waals surface area (Å²) < 4.78 is 7.37. The van der Waals surface area contributed by atoms with Crippen molar-refractivity contribution in [3.05, 3.63) is 58.3 Å². The Morgan fingerprint density at radius 3 is 2.83 bits per heavy atom. The Bertz CT molecular complexity index is 845. The van der Waals surface area contributed by atoms with Gasteiger partial charge in [-0.2, -0.15) is 0 Å². The summed E-state index contributed by atoms with van der Waals surface area (Å²) in [6, 6.07) is 10.3. The van der Waals surface area contributed by atoms with E-state index in [1.165, 1.54) is 17.8 Å². The molecule has 2 heterocycles. The molecule has 0 aliphatic rings. The van der Waals surface area contributed by atoms with Crippen molar-refractivity contribution < 1.29 is 9.34 Å². The van der Waals surface area contributed by atoms with E-state index < -0.39 is 0 Å². The lowest BCUT2D eigenvalue weighted by atomic mass is 10.1. The van der Waals surface area contributed by atoms with Crippen molar-refractivity contribution in [3.63, 3.8) is 0 Å². The van der Waals surface area contributed by atoms with Crippen LogP contribution in [0.4, 0.5) is 5.69 Å². The van der Waals surface area contributed by atoms with Crippen LogP contribution in [0, 0.1) is 10.1 Å². The van der Waals surface area contributed by atoms with Crippen LogP contribution in [0.15, 0.2) is 52.2 Å². The number of nitro groups is 1. The van der Waals surface area contributed by atoms with Crippen molar-refractivity contribution in [1.82, 2.24) is 14.8 Å². The molecule has 0 spiro atoms. The number of benzene rings is 1. The molecular weight excluding hydrogens is 328 g/mol. The van der Waals surface area contributed by atoms with E-state index in [4.69, 9.17) is 4.42 Å². The smallest absolute Gasteiger partial charge is 0.269 e. The Kier molecular flexibility index (Phi) is 4.66. The summed E-state index contributed by atoms with van der Waals surface area (Å²) in [7, 11) is 0. The van der Waals surface area contributed by atoms with E-state index in [9.17, 15) is 10.1 Å². The Morgan fingerprint density at radius 1 is 1.33 bits per heavy atom. The van der Waals surface area contributed by atoms with Crippen LogP contribution in [-0.4, -0.2) is 19.7 Å². The zero-order valence-electron chi connectivity index (χ0n) is 13.2. The third kappa shape index (κ3) is 3.18. The summed E-state index contributed by atoms with van der Waals surface area (Å²) in [6.07, 6.45) is 1.60. The number of furan rings is 1. The zero-order valence-corrected chi connectivity index (χ0v) is 14.1. The van der Waals surface area contributed by atoms with Gasteiger partial charge in [0.25, 0.3) is 5.69 Å². The van der Waals surface area contributed by atoms with Gasteiger partial charge in [0.05, 0.1) is 11.2 Å². The van der Waals surface area contributed by atoms with Gasteiger partial charge in [0.15, 0.2) is 16.7 Å². The normalized spacial score (nSPS) is 12.2. The van der Waals surface area contributed by atoms with E-state index in [0.29, 0.717) is 18.1 Å². The van der Waals surface area contributed by atoms with E-state index >= 15 is 0 Å².